The van der Waals surface area contributed by atoms with Crippen LogP contribution in [-0.2, 0) is 0 Å². The van der Waals surface area contributed by atoms with Crippen molar-refractivity contribution in [2.24, 2.45) is 4.99 Å². The van der Waals surface area contributed by atoms with Crippen LogP contribution < -0.4 is 4.74 Å². The molecule has 90 valence electrons. The van der Waals surface area contributed by atoms with E-state index in [1.54, 1.807) is 18.9 Å². The Labute approximate surface area is 115 Å². The van der Waals surface area contributed by atoms with Gasteiger partial charge in [0.2, 0.25) is 0 Å². The maximum atomic E-state index is 5.16. The Hall–Kier alpha value is -0.940. The average molecular weight is 313 g/mol. The summed E-state index contributed by atoms with van der Waals surface area (Å²) in [5.41, 5.74) is 2.48. The molecule has 0 bridgehead atoms. The summed E-state index contributed by atoms with van der Waals surface area (Å²) in [4.78, 5) is 6.71. The largest absolute Gasteiger partial charge is 0.497 e. The number of fused-ring (bicyclic) bond motifs is 1. The second-order valence-electron chi connectivity index (χ2n) is 3.67. The summed E-state index contributed by atoms with van der Waals surface area (Å²) >= 11 is 1.71. The molecule has 3 nitrogen and oxygen atoms in total. The molecule has 1 aromatic rings. The van der Waals surface area contributed by atoms with E-state index >= 15 is 0 Å². The predicted molar refractivity (Wildman–Crippen MR) is 77.9 cm³/mol. The van der Waals surface area contributed by atoms with Gasteiger partial charge in [0.05, 0.1) is 19.4 Å². The number of rotatable bonds is 2. The van der Waals surface area contributed by atoms with Gasteiger partial charge in [0.15, 0.2) is 5.17 Å². The van der Waals surface area contributed by atoms with Gasteiger partial charge in [0.25, 0.3) is 0 Å². The van der Waals surface area contributed by atoms with Gasteiger partial charge in [-0.3, -0.25) is 4.99 Å². The molecular formula is C12H13BrN2OS. The summed E-state index contributed by atoms with van der Waals surface area (Å²) in [6, 6.07) is 8.16. The molecule has 0 saturated heterocycles. The van der Waals surface area contributed by atoms with E-state index in [1.165, 1.54) is 11.3 Å². The molecule has 0 fully saturated rings. The van der Waals surface area contributed by atoms with Crippen molar-refractivity contribution in [3.05, 3.63) is 35.2 Å². The van der Waals surface area contributed by atoms with E-state index in [-0.39, 0.29) is 17.0 Å². The van der Waals surface area contributed by atoms with E-state index in [4.69, 9.17) is 4.74 Å². The number of amidine groups is 1. The van der Waals surface area contributed by atoms with Gasteiger partial charge in [-0.1, -0.05) is 11.8 Å². The zero-order valence-electron chi connectivity index (χ0n) is 9.42. The van der Waals surface area contributed by atoms with Gasteiger partial charge in [-0.15, -0.1) is 17.0 Å². The molecule has 0 aromatic heterocycles. The van der Waals surface area contributed by atoms with E-state index in [1.807, 2.05) is 12.1 Å². The first kappa shape index (κ1) is 12.5. The minimum Gasteiger partial charge on any atom is -0.497 e. The third-order valence-electron chi connectivity index (χ3n) is 2.75. The molecule has 0 radical (unpaired) electrons. The number of hydrogen-bond acceptors (Lipinski definition) is 4. The monoisotopic (exact) mass is 312 g/mol. The highest BCUT2D eigenvalue weighted by Gasteiger charge is 2.26. The minimum atomic E-state index is 0. The lowest BCUT2D eigenvalue weighted by molar-refractivity contribution is 0.414. The fourth-order valence-electron chi connectivity index (χ4n) is 1.91. The maximum absolute atomic E-state index is 5.16. The standard InChI is InChI=1S/C12H12N2OS.BrH/c1-15-10-4-2-9(3-5-10)11-8-16-12-13-6-7-14(11)12;/h2-5,8H,6-7H2,1H3;1H. The molecule has 0 N–H and O–H groups in total. The lowest BCUT2D eigenvalue weighted by atomic mass is 10.1. The normalized spacial score (nSPS) is 17.1. The van der Waals surface area contributed by atoms with Crippen molar-refractivity contribution in [2.75, 3.05) is 20.2 Å². The summed E-state index contributed by atoms with van der Waals surface area (Å²) in [6.07, 6.45) is 0. The Morgan fingerprint density at radius 2 is 2.06 bits per heavy atom. The summed E-state index contributed by atoms with van der Waals surface area (Å²) in [5.74, 6) is 0.894. The molecule has 0 atom stereocenters. The van der Waals surface area contributed by atoms with Crippen LogP contribution in [0, 0.1) is 0 Å². The number of ether oxygens (including phenoxy) is 1. The zero-order valence-corrected chi connectivity index (χ0v) is 11.9. The van der Waals surface area contributed by atoms with Crippen LogP contribution >= 0.6 is 28.7 Å². The number of thioether (sulfide) groups is 1. The molecule has 3 rings (SSSR count). The fourth-order valence-corrected chi connectivity index (χ4v) is 2.87. The summed E-state index contributed by atoms with van der Waals surface area (Å²) in [5, 5.41) is 3.30. The Morgan fingerprint density at radius 1 is 1.29 bits per heavy atom. The van der Waals surface area contributed by atoms with Crippen molar-refractivity contribution in [1.82, 2.24) is 4.90 Å². The van der Waals surface area contributed by atoms with Crippen molar-refractivity contribution in [1.29, 1.82) is 0 Å². The van der Waals surface area contributed by atoms with E-state index < -0.39 is 0 Å². The van der Waals surface area contributed by atoms with Crippen LogP contribution in [0.2, 0.25) is 0 Å². The van der Waals surface area contributed by atoms with Crippen LogP contribution in [0.3, 0.4) is 0 Å². The molecule has 17 heavy (non-hydrogen) atoms. The fraction of sp³-hybridized carbons (Fsp3) is 0.250. The number of benzene rings is 1. The molecule has 0 spiro atoms. The smallest absolute Gasteiger partial charge is 0.168 e. The third-order valence-corrected chi connectivity index (χ3v) is 3.66. The molecule has 0 aliphatic carbocycles. The Bertz CT molecular complexity index is 470. The number of nitrogens with zero attached hydrogens (tertiary/aromatic N) is 2. The number of methoxy groups -OCH3 is 1. The zero-order chi connectivity index (χ0) is 11.0. The van der Waals surface area contributed by atoms with Crippen LogP contribution in [0.1, 0.15) is 5.56 Å². The first-order valence-electron chi connectivity index (χ1n) is 5.22. The molecular weight excluding hydrogens is 300 g/mol. The van der Waals surface area contributed by atoms with Crippen LogP contribution in [-0.4, -0.2) is 30.3 Å². The number of aliphatic imine (C=N–C) groups is 1. The lowest BCUT2D eigenvalue weighted by Crippen LogP contribution is -2.19. The molecule has 2 aliphatic heterocycles. The second kappa shape index (κ2) is 5.14. The molecule has 2 heterocycles. The van der Waals surface area contributed by atoms with Crippen LogP contribution in [0.4, 0.5) is 0 Å². The summed E-state index contributed by atoms with van der Waals surface area (Å²) in [6.45, 7) is 1.91. The molecule has 2 aliphatic rings. The van der Waals surface area contributed by atoms with Gasteiger partial charge in [0.1, 0.15) is 5.75 Å². The van der Waals surface area contributed by atoms with Gasteiger partial charge in [-0.05, 0) is 29.8 Å². The van der Waals surface area contributed by atoms with Crippen molar-refractivity contribution >= 4 is 39.6 Å². The Balaban J connectivity index is 0.00000108. The summed E-state index contributed by atoms with van der Waals surface area (Å²) < 4.78 is 5.16. The molecule has 1 aromatic carbocycles. The quantitative estimate of drug-likeness (QED) is 0.839. The highest BCUT2D eigenvalue weighted by molar-refractivity contribution is 8.93. The van der Waals surface area contributed by atoms with Gasteiger partial charge >= 0.3 is 0 Å². The Morgan fingerprint density at radius 3 is 2.76 bits per heavy atom. The SMILES string of the molecule is Br.COc1ccc(C2=CSC3=NCCN23)cc1. The second-order valence-corrected chi connectivity index (χ2v) is 4.50. The molecule has 0 unspecified atom stereocenters. The molecule has 0 saturated carbocycles. The van der Waals surface area contributed by atoms with Crippen LogP contribution in [0.15, 0.2) is 34.7 Å². The van der Waals surface area contributed by atoms with Gasteiger partial charge in [-0.25, -0.2) is 0 Å². The van der Waals surface area contributed by atoms with E-state index in [2.05, 4.69) is 27.4 Å². The first-order valence-corrected chi connectivity index (χ1v) is 6.10. The topological polar surface area (TPSA) is 24.8 Å². The highest BCUT2D eigenvalue weighted by Crippen LogP contribution is 2.35. The van der Waals surface area contributed by atoms with E-state index in [0.717, 1.165) is 24.0 Å². The minimum absolute atomic E-state index is 0. The average Bonchev–Trinajstić information content (AvgIpc) is 2.91. The van der Waals surface area contributed by atoms with Gasteiger partial charge in [0, 0.05) is 12.0 Å². The first-order chi connectivity index (χ1) is 7.88. The molecule has 5 heteroatoms. The lowest BCUT2D eigenvalue weighted by Gasteiger charge is -2.16. The number of halogens is 1. The highest BCUT2D eigenvalue weighted by atomic mass is 79.9. The van der Waals surface area contributed by atoms with Crippen LogP contribution in [0.5, 0.6) is 5.75 Å². The number of hydrogen-bond donors (Lipinski definition) is 0. The Kier molecular flexibility index (Phi) is 3.79. The van der Waals surface area contributed by atoms with Gasteiger partial charge < -0.3 is 9.64 Å². The van der Waals surface area contributed by atoms with Gasteiger partial charge in [-0.2, -0.15) is 0 Å². The van der Waals surface area contributed by atoms with Crippen LogP contribution in [0.25, 0.3) is 5.70 Å². The third kappa shape index (κ3) is 2.21. The van der Waals surface area contributed by atoms with Crippen molar-refractivity contribution in [2.45, 2.75) is 0 Å². The predicted octanol–water partition coefficient (Wildman–Crippen LogP) is 2.99. The summed E-state index contributed by atoms with van der Waals surface area (Å²) in [7, 11) is 1.69. The van der Waals surface area contributed by atoms with Crippen molar-refractivity contribution < 1.29 is 4.74 Å². The van der Waals surface area contributed by atoms with Crippen molar-refractivity contribution in [3.8, 4) is 5.75 Å². The molecule has 0 amide bonds. The maximum Gasteiger partial charge on any atom is 0.168 e. The van der Waals surface area contributed by atoms with E-state index in [9.17, 15) is 0 Å². The van der Waals surface area contributed by atoms with Crippen molar-refractivity contribution in [3.63, 3.8) is 0 Å². The van der Waals surface area contributed by atoms with E-state index in [0.29, 0.717) is 0 Å².